The summed E-state index contributed by atoms with van der Waals surface area (Å²) in [5, 5.41) is 4.06. The summed E-state index contributed by atoms with van der Waals surface area (Å²) in [6, 6.07) is 16.5. The maximum absolute atomic E-state index is 13.7. The average molecular weight is 616 g/mol. The molecule has 5 aromatic rings. The van der Waals surface area contributed by atoms with Gasteiger partial charge in [-0.05, 0) is 85.9 Å². The number of benzene rings is 2. The Hall–Kier alpha value is -4.70. The Kier molecular flexibility index (Phi) is 6.09. The number of carbonyl (C=O) groups is 2. The van der Waals surface area contributed by atoms with Crippen molar-refractivity contribution < 1.29 is 14.3 Å². The third-order valence-electron chi connectivity index (χ3n) is 10.7. The van der Waals surface area contributed by atoms with Crippen molar-refractivity contribution >= 4 is 39.6 Å². The van der Waals surface area contributed by atoms with Crippen molar-refractivity contribution in [3.8, 4) is 28.5 Å². The van der Waals surface area contributed by atoms with Crippen molar-refractivity contribution in [3.05, 3.63) is 59.7 Å². The number of anilines is 1. The van der Waals surface area contributed by atoms with Gasteiger partial charge in [0.1, 0.15) is 16.9 Å². The van der Waals surface area contributed by atoms with Crippen molar-refractivity contribution in [1.82, 2.24) is 24.0 Å². The highest BCUT2D eigenvalue weighted by Gasteiger charge is 2.47. The van der Waals surface area contributed by atoms with E-state index >= 15 is 0 Å². The van der Waals surface area contributed by atoms with Gasteiger partial charge in [-0.25, -0.2) is 9.97 Å². The molecule has 2 saturated carbocycles. The summed E-state index contributed by atoms with van der Waals surface area (Å²) in [7, 11) is 3.65. The highest BCUT2D eigenvalue weighted by molar-refractivity contribution is 6.00. The van der Waals surface area contributed by atoms with Crippen LogP contribution in [0.4, 0.5) is 5.69 Å². The molecule has 234 valence electrons. The molecule has 2 aliphatic carbocycles. The van der Waals surface area contributed by atoms with Gasteiger partial charge in [-0.15, -0.1) is 0 Å². The van der Waals surface area contributed by atoms with Gasteiger partial charge < -0.3 is 29.8 Å². The van der Waals surface area contributed by atoms with Crippen LogP contribution >= 0.6 is 0 Å². The fourth-order valence-electron chi connectivity index (χ4n) is 8.01. The molecule has 0 spiro atoms. The molecule has 2 aliphatic heterocycles. The van der Waals surface area contributed by atoms with Crippen molar-refractivity contribution in [2.75, 3.05) is 19.0 Å². The van der Waals surface area contributed by atoms with Gasteiger partial charge in [0.2, 0.25) is 5.91 Å². The van der Waals surface area contributed by atoms with E-state index < -0.39 is 0 Å². The number of methoxy groups -OCH3 is 1. The van der Waals surface area contributed by atoms with Crippen LogP contribution in [-0.2, 0) is 24.8 Å². The topological polar surface area (TPSA) is 120 Å². The van der Waals surface area contributed by atoms with E-state index in [4.69, 9.17) is 20.4 Å². The van der Waals surface area contributed by atoms with E-state index in [0.29, 0.717) is 29.6 Å². The molecule has 2 amide bonds. The van der Waals surface area contributed by atoms with Gasteiger partial charge in [0.05, 0.1) is 24.0 Å². The standard InChI is InChI=1S/C36H37N7O3/c1-41-33-27(14-24(16-30(33)46-2)36(45)43-18-23-8-11-28(43)32(23)37)40-35(41)29-15-22-7-10-25(39-34(22)42(29)17-19-3-4-19)21-6-5-20-9-12-31(44)38-26(20)13-21/h5-7,10,13-16,19,23,28,32H,3-4,8-9,11-12,17-18,37H2,1-2H3,(H,38,44). The van der Waals surface area contributed by atoms with E-state index in [1.807, 2.05) is 36.2 Å². The first-order chi connectivity index (χ1) is 22.4. The number of nitrogens with one attached hydrogen (secondary N) is 1. The molecule has 3 atom stereocenters. The number of fused-ring (bicyclic) bond motifs is 5. The Labute approximate surface area is 266 Å². The van der Waals surface area contributed by atoms with E-state index in [-0.39, 0.29) is 23.9 Å². The predicted octanol–water partition coefficient (Wildman–Crippen LogP) is 5.12. The number of likely N-dealkylation sites (tertiary alicyclic amines) is 1. The smallest absolute Gasteiger partial charge is 0.254 e. The zero-order valence-electron chi connectivity index (χ0n) is 26.1. The lowest BCUT2D eigenvalue weighted by molar-refractivity contribution is -0.116. The van der Waals surface area contributed by atoms with E-state index in [9.17, 15) is 9.59 Å². The van der Waals surface area contributed by atoms with E-state index in [2.05, 4.69) is 38.7 Å². The lowest BCUT2D eigenvalue weighted by Gasteiger charge is -2.27. The number of ether oxygens (including phenoxy) is 1. The Morgan fingerprint density at radius 1 is 1.04 bits per heavy atom. The monoisotopic (exact) mass is 615 g/mol. The van der Waals surface area contributed by atoms with Crippen molar-refractivity contribution in [3.63, 3.8) is 0 Å². The number of rotatable bonds is 6. The second kappa shape index (κ2) is 10.2. The van der Waals surface area contributed by atoms with E-state index in [0.717, 1.165) is 88.4 Å². The molecule has 2 aromatic carbocycles. The second-order valence-electron chi connectivity index (χ2n) is 13.6. The molecule has 10 heteroatoms. The molecule has 1 saturated heterocycles. The number of nitrogens with two attached hydrogens (primary N) is 1. The third kappa shape index (κ3) is 4.26. The average Bonchev–Trinajstić information content (AvgIpc) is 3.47. The van der Waals surface area contributed by atoms with Crippen LogP contribution in [0, 0.1) is 11.8 Å². The minimum absolute atomic E-state index is 0.00336. The predicted molar refractivity (Wildman–Crippen MR) is 177 cm³/mol. The summed E-state index contributed by atoms with van der Waals surface area (Å²) in [6.07, 6.45) is 5.74. The summed E-state index contributed by atoms with van der Waals surface area (Å²) >= 11 is 0. The number of nitrogens with zero attached hydrogens (tertiary/aromatic N) is 5. The quantitative estimate of drug-likeness (QED) is 0.274. The molecule has 10 nitrogen and oxygen atoms in total. The molecule has 2 bridgehead atoms. The van der Waals surface area contributed by atoms with Crippen molar-refractivity contribution in [1.29, 1.82) is 0 Å². The third-order valence-corrected chi connectivity index (χ3v) is 10.7. The normalized spacial score (nSPS) is 22.1. The summed E-state index contributed by atoms with van der Waals surface area (Å²) in [5.74, 6) is 2.47. The number of pyridine rings is 1. The molecule has 0 radical (unpaired) electrons. The fourth-order valence-corrected chi connectivity index (χ4v) is 8.01. The molecule has 9 rings (SSSR count). The Bertz CT molecular complexity index is 2090. The molecule has 4 aliphatic rings. The number of aryl methyl sites for hydroxylation is 2. The molecule has 3 N–H and O–H groups in total. The number of piperidine rings is 1. The molecular weight excluding hydrogens is 578 g/mol. The first-order valence-corrected chi connectivity index (χ1v) is 16.4. The van der Waals surface area contributed by atoms with Crippen LogP contribution in [0.2, 0.25) is 0 Å². The maximum Gasteiger partial charge on any atom is 0.254 e. The van der Waals surface area contributed by atoms with Gasteiger partial charge in [-0.2, -0.15) is 0 Å². The summed E-state index contributed by atoms with van der Waals surface area (Å²) < 4.78 is 10.2. The summed E-state index contributed by atoms with van der Waals surface area (Å²) in [4.78, 5) is 38.1. The van der Waals surface area contributed by atoms with Gasteiger partial charge in [0.25, 0.3) is 5.91 Å². The van der Waals surface area contributed by atoms with Crippen molar-refractivity contribution in [2.24, 2.45) is 24.6 Å². The number of amides is 2. The number of carbonyl (C=O) groups excluding carboxylic acids is 2. The largest absolute Gasteiger partial charge is 0.494 e. The highest BCUT2D eigenvalue weighted by Crippen LogP contribution is 2.40. The van der Waals surface area contributed by atoms with Crippen LogP contribution in [0.15, 0.2) is 48.5 Å². The van der Waals surface area contributed by atoms with Gasteiger partial charge in [-0.1, -0.05) is 12.1 Å². The number of imidazole rings is 1. The van der Waals surface area contributed by atoms with Crippen LogP contribution in [0.5, 0.6) is 5.75 Å². The van der Waals surface area contributed by atoms with Gasteiger partial charge in [0, 0.05) is 60.8 Å². The number of hydrogen-bond acceptors (Lipinski definition) is 6. The number of aromatic nitrogens is 4. The molecule has 46 heavy (non-hydrogen) atoms. The zero-order valence-corrected chi connectivity index (χ0v) is 26.1. The lowest BCUT2D eigenvalue weighted by atomic mass is 9.99. The van der Waals surface area contributed by atoms with Crippen LogP contribution in [0.1, 0.15) is 48.0 Å². The second-order valence-corrected chi connectivity index (χ2v) is 13.6. The van der Waals surface area contributed by atoms with E-state index in [1.54, 1.807) is 7.11 Å². The zero-order chi connectivity index (χ0) is 31.3. The highest BCUT2D eigenvalue weighted by atomic mass is 16.5. The minimum atomic E-state index is -0.00336. The van der Waals surface area contributed by atoms with Crippen LogP contribution in [0.3, 0.4) is 0 Å². The minimum Gasteiger partial charge on any atom is -0.494 e. The maximum atomic E-state index is 13.7. The lowest BCUT2D eigenvalue weighted by Crippen LogP contribution is -2.41. The fraction of sp³-hybridized carbons (Fsp3) is 0.389. The summed E-state index contributed by atoms with van der Waals surface area (Å²) in [6.45, 7) is 1.58. The Morgan fingerprint density at radius 2 is 1.91 bits per heavy atom. The SMILES string of the molecule is COc1cc(C(=O)N2CC3CCC2C3N)cc2nc(-c3cc4ccc(-c5ccc6c(c5)NC(=O)CC6)nc4n3CC3CC3)n(C)c12. The van der Waals surface area contributed by atoms with Crippen LogP contribution in [-0.4, -0.2) is 61.6 Å². The first kappa shape index (κ1) is 27.6. The van der Waals surface area contributed by atoms with Gasteiger partial charge in [-0.3, -0.25) is 9.59 Å². The molecular formula is C36H37N7O3. The molecule has 3 aromatic heterocycles. The van der Waals surface area contributed by atoms with Crippen LogP contribution < -0.4 is 15.8 Å². The summed E-state index contributed by atoms with van der Waals surface area (Å²) in [5.41, 5.74) is 14.3. The Balaban J connectivity index is 1.14. The Morgan fingerprint density at radius 3 is 2.67 bits per heavy atom. The van der Waals surface area contributed by atoms with Gasteiger partial charge in [0.15, 0.2) is 5.82 Å². The molecule has 5 heterocycles. The van der Waals surface area contributed by atoms with Crippen molar-refractivity contribution in [2.45, 2.75) is 57.2 Å². The van der Waals surface area contributed by atoms with Gasteiger partial charge >= 0.3 is 0 Å². The number of hydrogen-bond donors (Lipinski definition) is 2. The van der Waals surface area contributed by atoms with E-state index in [1.165, 1.54) is 12.8 Å². The first-order valence-electron chi connectivity index (χ1n) is 16.4. The molecule has 3 fully saturated rings. The van der Waals surface area contributed by atoms with Crippen LogP contribution in [0.25, 0.3) is 44.8 Å². The molecule has 3 unspecified atom stereocenters.